The third-order valence-corrected chi connectivity index (χ3v) is 7.99. The Hall–Kier alpha value is -3.00. The van der Waals surface area contributed by atoms with Crippen LogP contribution < -0.4 is 5.56 Å². The van der Waals surface area contributed by atoms with Crippen molar-refractivity contribution in [2.24, 2.45) is 0 Å². The number of fused-ring (bicyclic) bond motifs is 1. The Labute approximate surface area is 196 Å². The predicted octanol–water partition coefficient (Wildman–Crippen LogP) is 5.33. The van der Waals surface area contributed by atoms with E-state index in [1.54, 1.807) is 18.2 Å². The number of sulfonamides is 1. The van der Waals surface area contributed by atoms with Gasteiger partial charge in [0.15, 0.2) is 0 Å². The standard InChI is InChI=1S/C25H22ClFN2O3S/c1-16-7-10-19-13-20(25(30)28-24(19)17(16)2)15-29(14-18-8-11-21(27)12-9-18)33(31,32)23-6-4-3-5-22(23)26/h3-13H,14-15H2,1-2H3,(H,28,30). The summed E-state index contributed by atoms with van der Waals surface area (Å²) in [5.41, 5.74) is 3.24. The number of nitrogens with zero attached hydrogens (tertiary/aromatic N) is 1. The number of hydrogen-bond acceptors (Lipinski definition) is 3. The zero-order valence-electron chi connectivity index (χ0n) is 18.1. The van der Waals surface area contributed by atoms with Crippen LogP contribution in [0.25, 0.3) is 10.9 Å². The lowest BCUT2D eigenvalue weighted by molar-refractivity contribution is 0.399. The number of nitrogens with one attached hydrogen (secondary N) is 1. The van der Waals surface area contributed by atoms with E-state index in [1.807, 2.05) is 26.0 Å². The van der Waals surface area contributed by atoms with Gasteiger partial charge < -0.3 is 4.98 Å². The van der Waals surface area contributed by atoms with Crippen LogP contribution in [0.4, 0.5) is 4.39 Å². The summed E-state index contributed by atoms with van der Waals surface area (Å²) in [6.45, 7) is 3.65. The second-order valence-corrected chi connectivity index (χ2v) is 10.2. The van der Waals surface area contributed by atoms with E-state index in [2.05, 4.69) is 4.98 Å². The number of H-pyrrole nitrogens is 1. The van der Waals surface area contributed by atoms with Crippen molar-refractivity contribution < 1.29 is 12.8 Å². The lowest BCUT2D eigenvalue weighted by atomic mass is 10.0. The fourth-order valence-electron chi connectivity index (χ4n) is 3.69. The molecule has 0 fully saturated rings. The largest absolute Gasteiger partial charge is 0.321 e. The van der Waals surface area contributed by atoms with E-state index in [1.165, 1.54) is 40.7 Å². The third-order valence-electron chi connectivity index (χ3n) is 5.70. The smallest absolute Gasteiger partial charge is 0.252 e. The Morgan fingerprint density at radius 2 is 1.67 bits per heavy atom. The number of rotatable bonds is 6. The number of benzene rings is 3. The van der Waals surface area contributed by atoms with E-state index in [4.69, 9.17) is 11.6 Å². The average Bonchev–Trinajstić information content (AvgIpc) is 2.78. The molecular formula is C25H22ClFN2O3S. The molecule has 1 N–H and O–H groups in total. The summed E-state index contributed by atoms with van der Waals surface area (Å²) in [6.07, 6.45) is 0. The fraction of sp³-hybridized carbons (Fsp3) is 0.160. The molecule has 0 amide bonds. The Bertz CT molecular complexity index is 1500. The van der Waals surface area contributed by atoms with Crippen molar-refractivity contribution in [3.05, 3.63) is 110 Å². The highest BCUT2D eigenvalue weighted by molar-refractivity contribution is 7.89. The second kappa shape index (κ2) is 9.09. The lowest BCUT2D eigenvalue weighted by Gasteiger charge is -2.23. The van der Waals surface area contributed by atoms with Gasteiger partial charge in [0.2, 0.25) is 10.0 Å². The van der Waals surface area contributed by atoms with Gasteiger partial charge in [-0.1, -0.05) is 48.0 Å². The van der Waals surface area contributed by atoms with Crippen LogP contribution in [0.5, 0.6) is 0 Å². The van der Waals surface area contributed by atoms with E-state index in [-0.39, 0.29) is 28.6 Å². The van der Waals surface area contributed by atoms with E-state index in [0.29, 0.717) is 11.1 Å². The summed E-state index contributed by atoms with van der Waals surface area (Å²) >= 11 is 6.20. The molecule has 4 aromatic rings. The number of aryl methyl sites for hydroxylation is 2. The van der Waals surface area contributed by atoms with Crippen LogP contribution in [0.15, 0.2) is 76.4 Å². The highest BCUT2D eigenvalue weighted by Gasteiger charge is 2.28. The quantitative estimate of drug-likeness (QED) is 0.402. The van der Waals surface area contributed by atoms with Gasteiger partial charge in [-0.3, -0.25) is 4.79 Å². The lowest BCUT2D eigenvalue weighted by Crippen LogP contribution is -2.32. The van der Waals surface area contributed by atoms with Crippen molar-refractivity contribution in [2.45, 2.75) is 31.8 Å². The SMILES string of the molecule is Cc1ccc2cc(CN(Cc3ccc(F)cc3)S(=O)(=O)c3ccccc3Cl)c(=O)[nH]c2c1C. The molecule has 0 atom stereocenters. The molecule has 5 nitrogen and oxygen atoms in total. The van der Waals surface area contributed by atoms with Crippen molar-refractivity contribution in [3.8, 4) is 0 Å². The van der Waals surface area contributed by atoms with Crippen LogP contribution in [-0.2, 0) is 23.1 Å². The van der Waals surface area contributed by atoms with Gasteiger partial charge in [0.1, 0.15) is 10.7 Å². The van der Waals surface area contributed by atoms with Gasteiger partial charge in [-0.15, -0.1) is 0 Å². The number of aromatic nitrogens is 1. The number of hydrogen-bond donors (Lipinski definition) is 1. The first kappa shape index (κ1) is 23.2. The summed E-state index contributed by atoms with van der Waals surface area (Å²) in [7, 11) is -4.07. The molecule has 0 aliphatic carbocycles. The Morgan fingerprint density at radius 3 is 2.36 bits per heavy atom. The molecular weight excluding hydrogens is 463 g/mol. The van der Waals surface area contributed by atoms with Crippen LogP contribution >= 0.6 is 11.6 Å². The van der Waals surface area contributed by atoms with Gasteiger partial charge in [-0.25, -0.2) is 12.8 Å². The average molecular weight is 485 g/mol. The molecule has 0 spiro atoms. The minimum atomic E-state index is -4.07. The summed E-state index contributed by atoms with van der Waals surface area (Å²) < 4.78 is 41.7. The predicted molar refractivity (Wildman–Crippen MR) is 128 cm³/mol. The zero-order valence-corrected chi connectivity index (χ0v) is 19.7. The molecule has 33 heavy (non-hydrogen) atoms. The second-order valence-electron chi connectivity index (χ2n) is 7.93. The van der Waals surface area contributed by atoms with Crippen molar-refractivity contribution in [2.75, 3.05) is 0 Å². The van der Waals surface area contributed by atoms with Gasteiger partial charge >= 0.3 is 0 Å². The molecule has 0 saturated heterocycles. The van der Waals surface area contributed by atoms with Crippen LogP contribution in [0.1, 0.15) is 22.3 Å². The van der Waals surface area contributed by atoms with Gasteiger partial charge in [0.25, 0.3) is 5.56 Å². The molecule has 0 unspecified atom stereocenters. The van der Waals surface area contributed by atoms with E-state index < -0.39 is 15.8 Å². The highest BCUT2D eigenvalue weighted by atomic mass is 35.5. The first-order chi connectivity index (χ1) is 15.7. The van der Waals surface area contributed by atoms with Gasteiger partial charge in [-0.2, -0.15) is 4.31 Å². The van der Waals surface area contributed by atoms with Crippen LogP contribution in [-0.4, -0.2) is 17.7 Å². The van der Waals surface area contributed by atoms with E-state index in [9.17, 15) is 17.6 Å². The maximum atomic E-state index is 13.6. The molecule has 8 heteroatoms. The Kier molecular flexibility index (Phi) is 6.38. The van der Waals surface area contributed by atoms with Crippen LogP contribution in [0.3, 0.4) is 0 Å². The monoisotopic (exact) mass is 484 g/mol. The molecule has 170 valence electrons. The number of aromatic amines is 1. The molecule has 1 aromatic heterocycles. The molecule has 0 radical (unpaired) electrons. The number of pyridine rings is 1. The molecule has 1 heterocycles. The van der Waals surface area contributed by atoms with Gasteiger partial charge in [0, 0.05) is 18.7 Å². The van der Waals surface area contributed by atoms with Gasteiger partial charge in [0.05, 0.1) is 10.5 Å². The molecule has 0 aliphatic heterocycles. The fourth-order valence-corrected chi connectivity index (χ4v) is 5.59. The van der Waals surface area contributed by atoms with Gasteiger partial charge in [-0.05, 0) is 66.3 Å². The van der Waals surface area contributed by atoms with Crippen molar-refractivity contribution in [1.29, 1.82) is 0 Å². The molecule has 0 aliphatic rings. The first-order valence-electron chi connectivity index (χ1n) is 10.3. The third kappa shape index (κ3) is 4.71. The molecule has 4 rings (SSSR count). The Morgan fingerprint density at radius 1 is 0.970 bits per heavy atom. The van der Waals surface area contributed by atoms with Crippen molar-refractivity contribution >= 4 is 32.5 Å². The summed E-state index contributed by atoms with van der Waals surface area (Å²) in [5, 5.41) is 0.893. The minimum Gasteiger partial charge on any atom is -0.321 e. The summed E-state index contributed by atoms with van der Waals surface area (Å²) in [6, 6.07) is 17.3. The molecule has 0 bridgehead atoms. The van der Waals surface area contributed by atoms with Crippen molar-refractivity contribution in [1.82, 2.24) is 9.29 Å². The highest BCUT2D eigenvalue weighted by Crippen LogP contribution is 2.27. The first-order valence-corrected chi connectivity index (χ1v) is 12.1. The molecule has 3 aromatic carbocycles. The van der Waals surface area contributed by atoms with Crippen LogP contribution in [0.2, 0.25) is 5.02 Å². The summed E-state index contributed by atoms with van der Waals surface area (Å²) in [5.74, 6) is -0.420. The van der Waals surface area contributed by atoms with Crippen LogP contribution in [0, 0.1) is 19.7 Å². The molecule has 0 saturated carbocycles. The normalized spacial score (nSPS) is 11.9. The maximum absolute atomic E-state index is 13.6. The minimum absolute atomic E-state index is 0.0573. The zero-order chi connectivity index (χ0) is 23.8. The number of halogens is 2. The van der Waals surface area contributed by atoms with E-state index >= 15 is 0 Å². The topological polar surface area (TPSA) is 70.2 Å². The van der Waals surface area contributed by atoms with E-state index in [0.717, 1.165) is 22.0 Å². The maximum Gasteiger partial charge on any atom is 0.252 e. The Balaban J connectivity index is 1.80. The van der Waals surface area contributed by atoms with Crippen molar-refractivity contribution in [3.63, 3.8) is 0 Å². The summed E-state index contributed by atoms with van der Waals surface area (Å²) in [4.78, 5) is 15.7.